The molecule has 1 aromatic carbocycles. The van der Waals surface area contributed by atoms with E-state index in [-0.39, 0.29) is 0 Å². The monoisotopic (exact) mass is 215 g/mol. The van der Waals surface area contributed by atoms with E-state index in [0.29, 0.717) is 11.8 Å². The van der Waals surface area contributed by atoms with Crippen molar-refractivity contribution in [2.45, 2.75) is 13.0 Å². The Bertz CT molecular complexity index is 370. The van der Waals surface area contributed by atoms with E-state index in [1.807, 2.05) is 0 Å². The van der Waals surface area contributed by atoms with Gasteiger partial charge in [-0.25, -0.2) is 0 Å². The zero-order valence-corrected chi connectivity index (χ0v) is 9.38. The molecule has 3 rings (SSSR count). The molecule has 0 N–H and O–H groups in total. The second kappa shape index (κ2) is 4.02. The number of hydrogen-bond donors (Lipinski definition) is 0. The topological polar surface area (TPSA) is 20.3 Å². The average Bonchev–Trinajstić information content (AvgIpc) is 3.03. The van der Waals surface area contributed by atoms with Crippen molar-refractivity contribution in [2.75, 3.05) is 13.1 Å². The van der Waals surface area contributed by atoms with Gasteiger partial charge >= 0.3 is 0 Å². The van der Waals surface area contributed by atoms with Crippen LogP contribution in [0, 0.1) is 17.8 Å². The fraction of sp³-hybridized carbons (Fsp3) is 0.500. The maximum atomic E-state index is 10.6. The summed E-state index contributed by atoms with van der Waals surface area (Å²) in [5.74, 6) is 1.90. The molecule has 2 unspecified atom stereocenters. The Morgan fingerprint density at radius 3 is 2.62 bits per heavy atom. The molecule has 0 aromatic heterocycles. The summed E-state index contributed by atoms with van der Waals surface area (Å²) in [4.78, 5) is 13.1. The van der Waals surface area contributed by atoms with E-state index in [1.165, 1.54) is 18.7 Å². The van der Waals surface area contributed by atoms with Crippen molar-refractivity contribution in [3.63, 3.8) is 0 Å². The zero-order chi connectivity index (χ0) is 11.0. The van der Waals surface area contributed by atoms with Crippen LogP contribution < -0.4 is 0 Å². The summed E-state index contributed by atoms with van der Waals surface area (Å²) in [6, 6.07) is 10.6. The van der Waals surface area contributed by atoms with Crippen molar-refractivity contribution in [1.29, 1.82) is 0 Å². The Morgan fingerprint density at radius 1 is 1.25 bits per heavy atom. The van der Waals surface area contributed by atoms with Gasteiger partial charge in [0.25, 0.3) is 0 Å². The molecule has 2 fully saturated rings. The van der Waals surface area contributed by atoms with Crippen LogP contribution in [0.25, 0.3) is 0 Å². The molecule has 16 heavy (non-hydrogen) atoms. The lowest BCUT2D eigenvalue weighted by Crippen LogP contribution is -2.47. The lowest BCUT2D eigenvalue weighted by atomic mass is 9.93. The summed E-state index contributed by atoms with van der Waals surface area (Å²) >= 11 is 0. The second-order valence-corrected chi connectivity index (χ2v) is 5.14. The van der Waals surface area contributed by atoms with Crippen LogP contribution in [-0.4, -0.2) is 24.3 Å². The van der Waals surface area contributed by atoms with Crippen LogP contribution in [0.5, 0.6) is 0 Å². The van der Waals surface area contributed by atoms with Crippen LogP contribution in [0.15, 0.2) is 30.3 Å². The molecule has 2 atom stereocenters. The first-order valence-corrected chi connectivity index (χ1v) is 6.08. The second-order valence-electron chi connectivity index (χ2n) is 5.14. The Balaban J connectivity index is 1.46. The van der Waals surface area contributed by atoms with Crippen molar-refractivity contribution < 1.29 is 4.79 Å². The van der Waals surface area contributed by atoms with Gasteiger partial charge in [-0.3, -0.25) is 4.90 Å². The van der Waals surface area contributed by atoms with Gasteiger partial charge in [0.15, 0.2) is 0 Å². The van der Waals surface area contributed by atoms with Crippen molar-refractivity contribution in [1.82, 2.24) is 4.90 Å². The Hall–Kier alpha value is -1.15. The molecule has 1 saturated heterocycles. The highest BCUT2D eigenvalue weighted by Gasteiger charge is 2.46. The number of rotatable bonds is 4. The van der Waals surface area contributed by atoms with E-state index in [1.54, 1.807) is 0 Å². The minimum atomic E-state index is 0.392. The average molecular weight is 215 g/mol. The van der Waals surface area contributed by atoms with Crippen molar-refractivity contribution >= 4 is 6.29 Å². The van der Waals surface area contributed by atoms with Gasteiger partial charge in [-0.1, -0.05) is 30.3 Å². The third-order valence-corrected chi connectivity index (χ3v) is 3.91. The highest BCUT2D eigenvalue weighted by Crippen LogP contribution is 2.46. The van der Waals surface area contributed by atoms with Crippen LogP contribution in [0.3, 0.4) is 0 Å². The predicted octanol–water partition coefficient (Wildman–Crippen LogP) is 1.95. The van der Waals surface area contributed by atoms with E-state index in [2.05, 4.69) is 35.2 Å². The normalized spacial score (nSPS) is 29.8. The fourth-order valence-corrected chi connectivity index (χ4v) is 2.79. The largest absolute Gasteiger partial charge is 0.303 e. The first kappa shape index (κ1) is 10.0. The SMILES string of the molecule is O=CC1CC1C1CN(Cc2ccccc2)C1. The number of carbonyl (C=O) groups is 1. The van der Waals surface area contributed by atoms with Crippen LogP contribution in [0.2, 0.25) is 0 Å². The van der Waals surface area contributed by atoms with Crippen molar-refractivity contribution in [3.8, 4) is 0 Å². The standard InChI is InChI=1S/C14H17NO/c16-10-12-6-14(12)13-8-15(9-13)7-11-4-2-1-3-5-11/h1-5,10,12-14H,6-9H2. The maximum absolute atomic E-state index is 10.6. The molecule has 1 saturated carbocycles. The molecule has 1 aliphatic heterocycles. The first-order valence-electron chi connectivity index (χ1n) is 6.08. The molecule has 2 aliphatic rings. The van der Waals surface area contributed by atoms with Crippen molar-refractivity contribution in [2.24, 2.45) is 17.8 Å². The first-order chi connectivity index (χ1) is 7.86. The summed E-state index contributed by atoms with van der Waals surface area (Å²) < 4.78 is 0. The highest BCUT2D eigenvalue weighted by molar-refractivity contribution is 5.58. The number of nitrogens with zero attached hydrogens (tertiary/aromatic N) is 1. The van der Waals surface area contributed by atoms with Gasteiger partial charge in [0, 0.05) is 25.6 Å². The zero-order valence-electron chi connectivity index (χ0n) is 9.38. The fourth-order valence-electron chi connectivity index (χ4n) is 2.79. The number of benzene rings is 1. The summed E-state index contributed by atoms with van der Waals surface area (Å²) in [5, 5.41) is 0. The molecular weight excluding hydrogens is 198 g/mol. The molecule has 84 valence electrons. The van der Waals surface area contributed by atoms with Gasteiger partial charge in [0.2, 0.25) is 0 Å². The lowest BCUT2D eigenvalue weighted by Gasteiger charge is -2.39. The summed E-state index contributed by atoms with van der Waals surface area (Å²) in [6.45, 7) is 3.43. The van der Waals surface area contributed by atoms with E-state index in [4.69, 9.17) is 0 Å². The van der Waals surface area contributed by atoms with Gasteiger partial charge in [0.1, 0.15) is 6.29 Å². The minimum absolute atomic E-state index is 0.392. The van der Waals surface area contributed by atoms with Crippen LogP contribution in [0.1, 0.15) is 12.0 Å². The molecule has 2 nitrogen and oxygen atoms in total. The number of likely N-dealkylation sites (tertiary alicyclic amines) is 1. The Labute approximate surface area is 96.3 Å². The molecule has 1 aromatic rings. The molecule has 0 amide bonds. The molecule has 2 heteroatoms. The van der Waals surface area contributed by atoms with Gasteiger partial charge in [-0.2, -0.15) is 0 Å². The third kappa shape index (κ3) is 1.90. The number of carbonyl (C=O) groups excluding carboxylic acids is 1. The molecule has 0 radical (unpaired) electrons. The molecule has 0 spiro atoms. The van der Waals surface area contributed by atoms with Crippen LogP contribution in [0.4, 0.5) is 0 Å². The Kier molecular flexibility index (Phi) is 2.52. The van der Waals surface area contributed by atoms with E-state index in [0.717, 1.165) is 25.2 Å². The number of aldehydes is 1. The van der Waals surface area contributed by atoms with E-state index in [9.17, 15) is 4.79 Å². The summed E-state index contributed by atoms with van der Waals surface area (Å²) in [7, 11) is 0. The quantitative estimate of drug-likeness (QED) is 0.715. The molecular formula is C14H17NO. The molecule has 1 heterocycles. The van der Waals surface area contributed by atoms with E-state index < -0.39 is 0 Å². The van der Waals surface area contributed by atoms with Gasteiger partial charge < -0.3 is 4.79 Å². The van der Waals surface area contributed by atoms with Crippen LogP contribution in [-0.2, 0) is 11.3 Å². The molecule has 0 bridgehead atoms. The molecule has 1 aliphatic carbocycles. The van der Waals surface area contributed by atoms with Gasteiger partial charge in [-0.05, 0) is 23.8 Å². The lowest BCUT2D eigenvalue weighted by molar-refractivity contribution is -0.109. The third-order valence-electron chi connectivity index (χ3n) is 3.91. The maximum Gasteiger partial charge on any atom is 0.123 e. The number of hydrogen-bond acceptors (Lipinski definition) is 2. The minimum Gasteiger partial charge on any atom is -0.303 e. The van der Waals surface area contributed by atoms with Crippen LogP contribution >= 0.6 is 0 Å². The Morgan fingerprint density at radius 2 is 2.00 bits per heavy atom. The predicted molar refractivity (Wildman–Crippen MR) is 62.9 cm³/mol. The van der Waals surface area contributed by atoms with Crippen molar-refractivity contribution in [3.05, 3.63) is 35.9 Å². The smallest absolute Gasteiger partial charge is 0.123 e. The summed E-state index contributed by atoms with van der Waals surface area (Å²) in [6.07, 6.45) is 2.29. The van der Waals surface area contributed by atoms with Gasteiger partial charge in [0.05, 0.1) is 0 Å². The van der Waals surface area contributed by atoms with E-state index >= 15 is 0 Å². The summed E-state index contributed by atoms with van der Waals surface area (Å²) in [5.41, 5.74) is 1.39. The van der Waals surface area contributed by atoms with Gasteiger partial charge in [-0.15, -0.1) is 0 Å². The highest BCUT2D eigenvalue weighted by atomic mass is 16.1.